The van der Waals surface area contributed by atoms with Crippen LogP contribution < -0.4 is 15.2 Å². The number of nitrogens with two attached hydrogens (primary N) is 1. The monoisotopic (exact) mass is 307 g/mol. The zero-order chi connectivity index (χ0) is 14.9. The molecule has 4 atom stereocenters. The number of amides is 1. The summed E-state index contributed by atoms with van der Waals surface area (Å²) in [6.07, 6.45) is 0.250. The summed E-state index contributed by atoms with van der Waals surface area (Å²) in [5.74, 6) is 0.180. The van der Waals surface area contributed by atoms with Crippen molar-refractivity contribution in [1.82, 2.24) is 9.44 Å². The van der Waals surface area contributed by atoms with E-state index in [4.69, 9.17) is 15.2 Å². The Hall–Kier alpha value is -0.900. The molecule has 4 N–H and O–H groups in total. The molecule has 2 rings (SSSR count). The number of nitrogens with one attached hydrogen (secondary N) is 2. The zero-order valence-corrected chi connectivity index (χ0v) is 12.4. The van der Waals surface area contributed by atoms with Crippen molar-refractivity contribution in [1.29, 1.82) is 0 Å². The molecule has 9 heteroatoms. The number of ether oxygens (including phenoxy) is 2. The first-order valence-electron chi connectivity index (χ1n) is 6.68. The largest absolute Gasteiger partial charge is 0.446 e. The highest BCUT2D eigenvalue weighted by molar-refractivity contribution is 7.88. The molecular formula is C11H21N3O5S. The quantitative estimate of drug-likeness (QED) is 0.641. The summed E-state index contributed by atoms with van der Waals surface area (Å²) in [5, 5.41) is 0. The maximum absolute atomic E-state index is 11.8. The average Bonchev–Trinajstić information content (AvgIpc) is 2.34. The van der Waals surface area contributed by atoms with E-state index in [1.807, 2.05) is 0 Å². The van der Waals surface area contributed by atoms with Gasteiger partial charge < -0.3 is 15.2 Å². The van der Waals surface area contributed by atoms with Crippen molar-refractivity contribution >= 4 is 16.3 Å². The molecule has 0 radical (unpaired) electrons. The first-order chi connectivity index (χ1) is 9.30. The molecule has 0 aromatic heterocycles. The molecule has 1 saturated carbocycles. The van der Waals surface area contributed by atoms with Crippen LogP contribution in [0.5, 0.6) is 0 Å². The number of hydrogen-bond donors (Lipinski definition) is 3. The molecule has 1 saturated heterocycles. The minimum Gasteiger partial charge on any atom is -0.446 e. The lowest BCUT2D eigenvalue weighted by Gasteiger charge is -2.52. The summed E-state index contributed by atoms with van der Waals surface area (Å²) < 4.78 is 38.0. The van der Waals surface area contributed by atoms with Gasteiger partial charge in [0.05, 0.1) is 18.2 Å². The first-order valence-corrected chi connectivity index (χ1v) is 8.16. The van der Waals surface area contributed by atoms with Gasteiger partial charge in [0.2, 0.25) is 0 Å². The van der Waals surface area contributed by atoms with Crippen LogP contribution in [0.4, 0.5) is 4.79 Å². The first kappa shape index (κ1) is 15.5. The maximum atomic E-state index is 11.8. The van der Waals surface area contributed by atoms with Gasteiger partial charge in [-0.25, -0.2) is 9.52 Å². The molecule has 1 aliphatic heterocycles. The summed E-state index contributed by atoms with van der Waals surface area (Å²) in [6, 6.07) is -0.803. The Morgan fingerprint density at radius 1 is 1.45 bits per heavy atom. The predicted molar refractivity (Wildman–Crippen MR) is 71.0 cm³/mol. The van der Waals surface area contributed by atoms with Gasteiger partial charge in [0.15, 0.2) is 0 Å². The topological polar surface area (TPSA) is 120 Å². The standard InChI is InChI=1S/C11H21N3O5S/c1-6(2)19-11(15)14-20(16,17)13-9-8(12)7-4-3-5-18-10(7)9/h6-10,13H,3-5,12H2,1-2H3,(H,14,15). The van der Waals surface area contributed by atoms with E-state index in [2.05, 4.69) is 4.72 Å². The number of fused-ring (bicyclic) bond motifs is 1. The number of carbonyl (C=O) groups is 1. The molecule has 1 amide bonds. The van der Waals surface area contributed by atoms with Gasteiger partial charge in [-0.05, 0) is 26.7 Å². The van der Waals surface area contributed by atoms with Crippen molar-refractivity contribution in [3.63, 3.8) is 0 Å². The van der Waals surface area contributed by atoms with Crippen molar-refractivity contribution < 1.29 is 22.7 Å². The Bertz CT molecular complexity index is 467. The van der Waals surface area contributed by atoms with E-state index in [9.17, 15) is 13.2 Å². The van der Waals surface area contributed by atoms with Gasteiger partial charge in [0.1, 0.15) is 0 Å². The lowest BCUT2D eigenvalue weighted by atomic mass is 9.69. The van der Waals surface area contributed by atoms with Crippen LogP contribution in [0.1, 0.15) is 26.7 Å². The molecular weight excluding hydrogens is 286 g/mol. The summed E-state index contributed by atoms with van der Waals surface area (Å²) >= 11 is 0. The van der Waals surface area contributed by atoms with Crippen LogP contribution in [0.25, 0.3) is 0 Å². The van der Waals surface area contributed by atoms with E-state index in [0.717, 1.165) is 12.8 Å². The fourth-order valence-corrected chi connectivity index (χ4v) is 3.63. The second-order valence-electron chi connectivity index (χ2n) is 5.42. The highest BCUT2D eigenvalue weighted by atomic mass is 32.2. The maximum Gasteiger partial charge on any atom is 0.422 e. The molecule has 0 aromatic rings. The molecule has 116 valence electrons. The van der Waals surface area contributed by atoms with Crippen molar-refractivity contribution in [2.24, 2.45) is 11.7 Å². The lowest BCUT2D eigenvalue weighted by molar-refractivity contribution is -0.114. The second-order valence-corrected chi connectivity index (χ2v) is 6.87. The van der Waals surface area contributed by atoms with Crippen LogP contribution in [0.15, 0.2) is 0 Å². The van der Waals surface area contributed by atoms with Gasteiger partial charge in [-0.1, -0.05) is 0 Å². The van der Waals surface area contributed by atoms with Crippen molar-refractivity contribution in [2.45, 2.75) is 51.0 Å². The van der Waals surface area contributed by atoms with Crippen molar-refractivity contribution in [3.8, 4) is 0 Å². The van der Waals surface area contributed by atoms with Gasteiger partial charge in [-0.3, -0.25) is 0 Å². The van der Waals surface area contributed by atoms with Crippen molar-refractivity contribution in [2.75, 3.05) is 6.61 Å². The smallest absolute Gasteiger partial charge is 0.422 e. The summed E-state index contributed by atoms with van der Waals surface area (Å²) in [4.78, 5) is 11.3. The minimum absolute atomic E-state index is 0.180. The third-order valence-corrected chi connectivity index (χ3v) is 4.55. The predicted octanol–water partition coefficient (Wildman–Crippen LogP) is -0.540. The minimum atomic E-state index is -4.00. The SMILES string of the molecule is CC(C)OC(=O)NS(=O)(=O)NC1C(N)C2CCCOC21. The molecule has 1 aliphatic carbocycles. The van der Waals surface area contributed by atoms with E-state index in [-0.39, 0.29) is 18.1 Å². The van der Waals surface area contributed by atoms with E-state index in [0.29, 0.717) is 6.61 Å². The highest BCUT2D eigenvalue weighted by Gasteiger charge is 2.52. The molecule has 0 aromatic carbocycles. The number of carbonyl (C=O) groups excluding carboxylic acids is 1. The summed E-state index contributed by atoms with van der Waals surface area (Å²) in [6.45, 7) is 3.86. The van der Waals surface area contributed by atoms with Crippen LogP contribution >= 0.6 is 0 Å². The van der Waals surface area contributed by atoms with E-state index in [1.165, 1.54) is 0 Å². The van der Waals surface area contributed by atoms with Gasteiger partial charge in [0, 0.05) is 18.6 Å². The third-order valence-electron chi connectivity index (χ3n) is 3.53. The van der Waals surface area contributed by atoms with Crippen LogP contribution in [0.3, 0.4) is 0 Å². The number of hydrogen-bond acceptors (Lipinski definition) is 6. The van der Waals surface area contributed by atoms with Crippen LogP contribution in [-0.2, 0) is 19.7 Å². The van der Waals surface area contributed by atoms with Gasteiger partial charge in [-0.2, -0.15) is 13.1 Å². The molecule has 2 fully saturated rings. The normalized spacial score (nSPS) is 33.2. The Labute approximate surface area is 118 Å². The van der Waals surface area contributed by atoms with E-state index in [1.54, 1.807) is 18.6 Å². The highest BCUT2D eigenvalue weighted by Crippen LogP contribution is 2.37. The van der Waals surface area contributed by atoms with Crippen LogP contribution in [0.2, 0.25) is 0 Å². The van der Waals surface area contributed by atoms with E-state index < -0.39 is 28.4 Å². The Kier molecular flexibility index (Phi) is 4.52. The van der Waals surface area contributed by atoms with Gasteiger partial charge in [-0.15, -0.1) is 0 Å². The summed E-state index contributed by atoms with van der Waals surface area (Å²) in [5.41, 5.74) is 5.95. The molecule has 0 bridgehead atoms. The van der Waals surface area contributed by atoms with Crippen molar-refractivity contribution in [3.05, 3.63) is 0 Å². The van der Waals surface area contributed by atoms with Gasteiger partial charge >= 0.3 is 16.3 Å². The second kappa shape index (κ2) is 5.84. The Morgan fingerprint density at radius 3 is 2.80 bits per heavy atom. The average molecular weight is 307 g/mol. The molecule has 0 spiro atoms. The molecule has 20 heavy (non-hydrogen) atoms. The fourth-order valence-electron chi connectivity index (χ4n) is 2.65. The molecule has 4 unspecified atom stereocenters. The molecule has 8 nitrogen and oxygen atoms in total. The van der Waals surface area contributed by atoms with Crippen LogP contribution in [-0.4, -0.2) is 45.4 Å². The number of rotatable bonds is 4. The van der Waals surface area contributed by atoms with E-state index >= 15 is 0 Å². The van der Waals surface area contributed by atoms with Gasteiger partial charge in [0.25, 0.3) is 0 Å². The van der Waals surface area contributed by atoms with Crippen LogP contribution in [0, 0.1) is 5.92 Å². The molecule has 1 heterocycles. The molecule has 2 aliphatic rings. The Morgan fingerprint density at radius 2 is 2.15 bits per heavy atom. The Balaban J connectivity index is 1.90. The summed E-state index contributed by atoms with van der Waals surface area (Å²) in [7, 11) is -4.00. The lowest BCUT2D eigenvalue weighted by Crippen LogP contribution is -2.72. The third kappa shape index (κ3) is 3.40. The fraction of sp³-hybridized carbons (Fsp3) is 0.909. The zero-order valence-electron chi connectivity index (χ0n) is 11.5.